The van der Waals surface area contributed by atoms with E-state index in [1.165, 1.54) is 6.07 Å². The van der Waals surface area contributed by atoms with Gasteiger partial charge in [-0.25, -0.2) is 4.39 Å². The van der Waals surface area contributed by atoms with Crippen LogP contribution in [0.1, 0.15) is 16.5 Å². The molecule has 1 atom stereocenters. The molecule has 88 valence electrons. The van der Waals surface area contributed by atoms with Gasteiger partial charge in [0, 0.05) is 4.47 Å². The monoisotopic (exact) mass is 332 g/mol. The van der Waals surface area contributed by atoms with Gasteiger partial charge in [0.05, 0.1) is 10.4 Å². The molecule has 0 spiro atoms. The first-order valence-corrected chi connectivity index (χ1v) is 6.53. The van der Waals surface area contributed by atoms with Gasteiger partial charge in [-0.2, -0.15) is 0 Å². The summed E-state index contributed by atoms with van der Waals surface area (Å²) in [5.41, 5.74) is 1.72. The standard InChI is InChI=1S/C13H8BrCl2F/c14-10-4-1-8(2-5-10)13(16)9-3-6-12(17)11(15)7-9/h1-7,13H. The Hall–Kier alpha value is -0.570. The minimum atomic E-state index is -0.435. The maximum atomic E-state index is 13.0. The Labute approximate surface area is 117 Å². The molecule has 17 heavy (non-hydrogen) atoms. The molecule has 0 aliphatic rings. The van der Waals surface area contributed by atoms with Crippen molar-refractivity contribution >= 4 is 39.1 Å². The summed E-state index contributed by atoms with van der Waals surface area (Å²) in [4.78, 5) is 0. The van der Waals surface area contributed by atoms with Crippen LogP contribution in [-0.2, 0) is 0 Å². The van der Waals surface area contributed by atoms with Crippen LogP contribution < -0.4 is 0 Å². The van der Waals surface area contributed by atoms with Crippen LogP contribution in [0, 0.1) is 5.82 Å². The maximum absolute atomic E-state index is 13.0. The van der Waals surface area contributed by atoms with Gasteiger partial charge < -0.3 is 0 Å². The Bertz CT molecular complexity index is 525. The molecule has 0 aromatic heterocycles. The zero-order valence-electron chi connectivity index (χ0n) is 8.63. The zero-order valence-corrected chi connectivity index (χ0v) is 11.7. The first kappa shape index (κ1) is 12.9. The van der Waals surface area contributed by atoms with Gasteiger partial charge in [0.1, 0.15) is 5.82 Å². The SMILES string of the molecule is Fc1ccc(C(Cl)c2ccc(Br)cc2)cc1Cl. The van der Waals surface area contributed by atoms with Crippen molar-refractivity contribution < 1.29 is 4.39 Å². The van der Waals surface area contributed by atoms with Gasteiger partial charge in [-0.15, -0.1) is 11.6 Å². The minimum absolute atomic E-state index is 0.0882. The Kier molecular flexibility index (Phi) is 4.08. The van der Waals surface area contributed by atoms with E-state index in [0.29, 0.717) is 0 Å². The topological polar surface area (TPSA) is 0 Å². The van der Waals surface area contributed by atoms with Gasteiger partial charge in [0.2, 0.25) is 0 Å². The summed E-state index contributed by atoms with van der Waals surface area (Å²) < 4.78 is 14.0. The van der Waals surface area contributed by atoms with Crippen LogP contribution in [-0.4, -0.2) is 0 Å². The molecule has 0 fully saturated rings. The number of rotatable bonds is 2. The van der Waals surface area contributed by atoms with E-state index in [2.05, 4.69) is 15.9 Å². The quantitative estimate of drug-likeness (QED) is 0.630. The molecule has 1 unspecified atom stereocenters. The highest BCUT2D eigenvalue weighted by atomic mass is 79.9. The predicted octanol–water partition coefficient (Wildman–Crippen LogP) is 5.57. The van der Waals surface area contributed by atoms with Crippen molar-refractivity contribution in [2.24, 2.45) is 0 Å². The van der Waals surface area contributed by atoms with E-state index < -0.39 is 5.82 Å². The number of alkyl halides is 1. The van der Waals surface area contributed by atoms with E-state index >= 15 is 0 Å². The molecule has 2 rings (SSSR count). The molecule has 0 saturated heterocycles. The normalized spacial score (nSPS) is 12.5. The van der Waals surface area contributed by atoms with Crippen molar-refractivity contribution in [2.75, 3.05) is 0 Å². The highest BCUT2D eigenvalue weighted by Crippen LogP contribution is 2.31. The van der Waals surface area contributed by atoms with E-state index in [0.717, 1.165) is 15.6 Å². The average Bonchev–Trinajstić information content (AvgIpc) is 2.33. The van der Waals surface area contributed by atoms with Crippen molar-refractivity contribution in [3.8, 4) is 0 Å². The number of benzene rings is 2. The molecule has 0 heterocycles. The Morgan fingerprint density at radius 1 is 1.00 bits per heavy atom. The van der Waals surface area contributed by atoms with Gasteiger partial charge in [0.25, 0.3) is 0 Å². The van der Waals surface area contributed by atoms with Crippen LogP contribution in [0.5, 0.6) is 0 Å². The molecular weight excluding hydrogens is 326 g/mol. The molecule has 0 aliphatic carbocycles. The van der Waals surface area contributed by atoms with E-state index in [-0.39, 0.29) is 10.4 Å². The fourth-order valence-electron chi connectivity index (χ4n) is 1.49. The molecule has 0 aliphatic heterocycles. The first-order chi connectivity index (χ1) is 8.08. The molecule has 4 heteroatoms. The average molecular weight is 334 g/mol. The fourth-order valence-corrected chi connectivity index (χ4v) is 2.23. The van der Waals surface area contributed by atoms with Crippen molar-refractivity contribution in [1.29, 1.82) is 0 Å². The minimum Gasteiger partial charge on any atom is -0.205 e. The molecular formula is C13H8BrCl2F. The molecule has 0 bridgehead atoms. The largest absolute Gasteiger partial charge is 0.205 e. The van der Waals surface area contributed by atoms with Crippen LogP contribution in [0.2, 0.25) is 5.02 Å². The van der Waals surface area contributed by atoms with Crippen molar-refractivity contribution in [2.45, 2.75) is 5.38 Å². The lowest BCUT2D eigenvalue weighted by Crippen LogP contribution is -1.93. The van der Waals surface area contributed by atoms with E-state index in [1.807, 2.05) is 24.3 Å². The molecule has 0 radical (unpaired) electrons. The third kappa shape index (κ3) is 3.01. The Balaban J connectivity index is 2.33. The maximum Gasteiger partial charge on any atom is 0.141 e. The van der Waals surface area contributed by atoms with Gasteiger partial charge in [-0.05, 0) is 35.4 Å². The van der Waals surface area contributed by atoms with Crippen molar-refractivity contribution in [3.63, 3.8) is 0 Å². The van der Waals surface area contributed by atoms with Crippen LogP contribution in [0.15, 0.2) is 46.9 Å². The summed E-state index contributed by atoms with van der Waals surface area (Å²) in [5.74, 6) is -0.435. The molecule has 0 N–H and O–H groups in total. The van der Waals surface area contributed by atoms with Gasteiger partial charge in [-0.3, -0.25) is 0 Å². The zero-order chi connectivity index (χ0) is 12.4. The fraction of sp³-hybridized carbons (Fsp3) is 0.0769. The second-order valence-electron chi connectivity index (χ2n) is 3.59. The van der Waals surface area contributed by atoms with Crippen LogP contribution >= 0.6 is 39.1 Å². The predicted molar refractivity (Wildman–Crippen MR) is 73.2 cm³/mol. The summed E-state index contributed by atoms with van der Waals surface area (Å²) in [7, 11) is 0. The van der Waals surface area contributed by atoms with Gasteiger partial charge >= 0.3 is 0 Å². The lowest BCUT2D eigenvalue weighted by molar-refractivity contribution is 0.627. The third-order valence-electron chi connectivity index (χ3n) is 2.40. The smallest absolute Gasteiger partial charge is 0.141 e. The Morgan fingerprint density at radius 2 is 1.59 bits per heavy atom. The van der Waals surface area contributed by atoms with Gasteiger partial charge in [-0.1, -0.05) is 45.7 Å². The van der Waals surface area contributed by atoms with Crippen LogP contribution in [0.25, 0.3) is 0 Å². The van der Waals surface area contributed by atoms with Crippen LogP contribution in [0.3, 0.4) is 0 Å². The molecule has 0 amide bonds. The molecule has 0 nitrogen and oxygen atoms in total. The number of halogens is 4. The molecule has 0 saturated carbocycles. The third-order valence-corrected chi connectivity index (χ3v) is 3.72. The summed E-state index contributed by atoms with van der Waals surface area (Å²) in [5, 5.41) is -0.244. The lowest BCUT2D eigenvalue weighted by atomic mass is 10.0. The van der Waals surface area contributed by atoms with Crippen LogP contribution in [0.4, 0.5) is 4.39 Å². The van der Waals surface area contributed by atoms with Gasteiger partial charge in [0.15, 0.2) is 0 Å². The van der Waals surface area contributed by atoms with Crippen molar-refractivity contribution in [1.82, 2.24) is 0 Å². The van der Waals surface area contributed by atoms with Crippen molar-refractivity contribution in [3.05, 3.63) is 68.9 Å². The number of hydrogen-bond acceptors (Lipinski definition) is 0. The molecule has 2 aromatic carbocycles. The van der Waals surface area contributed by atoms with E-state index in [9.17, 15) is 4.39 Å². The Morgan fingerprint density at radius 3 is 2.18 bits per heavy atom. The highest BCUT2D eigenvalue weighted by Gasteiger charge is 2.12. The second kappa shape index (κ2) is 5.38. The summed E-state index contributed by atoms with van der Waals surface area (Å²) in [6.45, 7) is 0. The summed E-state index contributed by atoms with van der Waals surface area (Å²) in [6, 6.07) is 12.2. The lowest BCUT2D eigenvalue weighted by Gasteiger charge is -2.11. The first-order valence-electron chi connectivity index (χ1n) is 4.92. The number of hydrogen-bond donors (Lipinski definition) is 0. The second-order valence-corrected chi connectivity index (χ2v) is 5.35. The van der Waals surface area contributed by atoms with E-state index in [4.69, 9.17) is 23.2 Å². The molecule has 2 aromatic rings. The summed E-state index contributed by atoms with van der Waals surface area (Å²) >= 11 is 15.4. The van der Waals surface area contributed by atoms with E-state index in [1.54, 1.807) is 12.1 Å². The summed E-state index contributed by atoms with van der Waals surface area (Å²) in [6.07, 6.45) is 0. The highest BCUT2D eigenvalue weighted by molar-refractivity contribution is 9.10.